The highest BCUT2D eigenvalue weighted by molar-refractivity contribution is 5.94. The summed E-state index contributed by atoms with van der Waals surface area (Å²) in [4.78, 5) is 27.7. The van der Waals surface area contributed by atoms with Crippen LogP contribution in [0.5, 0.6) is 0 Å². The predicted octanol–water partition coefficient (Wildman–Crippen LogP) is 2.97. The maximum atomic E-state index is 12.6. The molecule has 0 atom stereocenters. The predicted molar refractivity (Wildman–Crippen MR) is 87.2 cm³/mol. The third-order valence-electron chi connectivity index (χ3n) is 4.06. The zero-order valence-electron chi connectivity index (χ0n) is 14.1. The standard InChI is InChI=1S/C17H22F3N3O2/c1-2-8-21-16(25)23-10-3-9-22(11-12-23)15(24)13-4-6-14(7-5-13)17(18,19)20/h4-7H,2-3,8-12H2,1H3,(H,21,25). The minimum absolute atomic E-state index is 0.148. The first-order valence-electron chi connectivity index (χ1n) is 8.32. The van der Waals surface area contributed by atoms with E-state index in [2.05, 4.69) is 5.32 Å². The molecule has 1 aromatic rings. The van der Waals surface area contributed by atoms with Gasteiger partial charge in [-0.3, -0.25) is 4.79 Å². The summed E-state index contributed by atoms with van der Waals surface area (Å²) in [5.41, 5.74) is -0.560. The van der Waals surface area contributed by atoms with Crippen LogP contribution in [0.4, 0.5) is 18.0 Å². The van der Waals surface area contributed by atoms with Gasteiger partial charge in [0.05, 0.1) is 5.56 Å². The molecule has 0 spiro atoms. The quantitative estimate of drug-likeness (QED) is 0.904. The minimum Gasteiger partial charge on any atom is -0.338 e. The van der Waals surface area contributed by atoms with Crippen LogP contribution in [0.3, 0.4) is 0 Å². The van der Waals surface area contributed by atoms with Crippen LogP contribution in [0.1, 0.15) is 35.7 Å². The Morgan fingerprint density at radius 1 is 1.04 bits per heavy atom. The number of urea groups is 1. The number of nitrogens with zero attached hydrogens (tertiary/aromatic N) is 2. The second kappa shape index (κ2) is 8.22. The van der Waals surface area contributed by atoms with Crippen molar-refractivity contribution in [2.24, 2.45) is 0 Å². The number of carbonyl (C=O) groups is 2. The molecule has 5 nitrogen and oxygen atoms in total. The molecule has 2 rings (SSSR count). The second-order valence-electron chi connectivity index (χ2n) is 5.94. The Morgan fingerprint density at radius 3 is 2.24 bits per heavy atom. The lowest BCUT2D eigenvalue weighted by Gasteiger charge is -2.22. The first-order chi connectivity index (χ1) is 11.8. The van der Waals surface area contributed by atoms with Crippen molar-refractivity contribution >= 4 is 11.9 Å². The van der Waals surface area contributed by atoms with Gasteiger partial charge in [0.2, 0.25) is 0 Å². The van der Waals surface area contributed by atoms with Crippen molar-refractivity contribution in [3.8, 4) is 0 Å². The fraction of sp³-hybridized carbons (Fsp3) is 0.529. The monoisotopic (exact) mass is 357 g/mol. The van der Waals surface area contributed by atoms with Crippen molar-refractivity contribution in [1.82, 2.24) is 15.1 Å². The van der Waals surface area contributed by atoms with Gasteiger partial charge in [0.1, 0.15) is 0 Å². The molecule has 138 valence electrons. The number of benzene rings is 1. The molecule has 0 bridgehead atoms. The maximum absolute atomic E-state index is 12.6. The number of rotatable bonds is 3. The molecule has 0 saturated carbocycles. The van der Waals surface area contributed by atoms with Crippen molar-refractivity contribution in [1.29, 1.82) is 0 Å². The van der Waals surface area contributed by atoms with E-state index < -0.39 is 11.7 Å². The number of amides is 3. The van der Waals surface area contributed by atoms with E-state index in [4.69, 9.17) is 0 Å². The molecule has 1 fully saturated rings. The normalized spacial score (nSPS) is 15.7. The molecule has 1 saturated heterocycles. The Balaban J connectivity index is 1.97. The van der Waals surface area contributed by atoms with Crippen LogP contribution in [-0.4, -0.2) is 54.5 Å². The van der Waals surface area contributed by atoms with E-state index in [0.717, 1.165) is 18.6 Å². The molecule has 0 aliphatic carbocycles. The molecular weight excluding hydrogens is 335 g/mol. The van der Waals surface area contributed by atoms with Crippen molar-refractivity contribution < 1.29 is 22.8 Å². The molecule has 3 amide bonds. The SMILES string of the molecule is CCCNC(=O)N1CCCN(C(=O)c2ccc(C(F)(F)F)cc2)CC1. The first kappa shape index (κ1) is 19.1. The molecule has 0 aromatic heterocycles. The minimum atomic E-state index is -4.42. The highest BCUT2D eigenvalue weighted by Crippen LogP contribution is 2.29. The summed E-state index contributed by atoms with van der Waals surface area (Å²) in [5.74, 6) is -0.315. The number of hydrogen-bond acceptors (Lipinski definition) is 2. The van der Waals surface area contributed by atoms with Gasteiger partial charge < -0.3 is 15.1 Å². The molecule has 1 heterocycles. The third-order valence-corrected chi connectivity index (χ3v) is 4.06. The molecule has 0 radical (unpaired) electrons. The smallest absolute Gasteiger partial charge is 0.338 e. The summed E-state index contributed by atoms with van der Waals surface area (Å²) in [6.07, 6.45) is -2.94. The highest BCUT2D eigenvalue weighted by Gasteiger charge is 2.30. The van der Waals surface area contributed by atoms with Gasteiger partial charge in [-0.2, -0.15) is 13.2 Å². The molecule has 0 unspecified atom stereocenters. The third kappa shape index (κ3) is 5.11. The lowest BCUT2D eigenvalue weighted by atomic mass is 10.1. The Labute approximate surface area is 144 Å². The van der Waals surface area contributed by atoms with Crippen LogP contribution in [0.25, 0.3) is 0 Å². The van der Waals surface area contributed by atoms with E-state index in [-0.39, 0.29) is 17.5 Å². The van der Waals surface area contributed by atoms with Crippen LogP contribution in [0.2, 0.25) is 0 Å². The summed E-state index contributed by atoms with van der Waals surface area (Å²) < 4.78 is 37.8. The Kier molecular flexibility index (Phi) is 6.27. The van der Waals surface area contributed by atoms with E-state index in [0.29, 0.717) is 39.1 Å². The van der Waals surface area contributed by atoms with Gasteiger partial charge >= 0.3 is 12.2 Å². The fourth-order valence-corrected chi connectivity index (χ4v) is 2.65. The van der Waals surface area contributed by atoms with E-state index in [1.54, 1.807) is 9.80 Å². The number of alkyl halides is 3. The summed E-state index contributed by atoms with van der Waals surface area (Å²) in [6.45, 7) is 4.35. The van der Waals surface area contributed by atoms with Crippen LogP contribution in [0, 0.1) is 0 Å². The van der Waals surface area contributed by atoms with E-state index in [1.165, 1.54) is 12.1 Å². The van der Waals surface area contributed by atoms with Gasteiger partial charge in [-0.05, 0) is 37.1 Å². The van der Waals surface area contributed by atoms with Gasteiger partial charge in [0.25, 0.3) is 5.91 Å². The molecule has 1 aliphatic rings. The fourth-order valence-electron chi connectivity index (χ4n) is 2.65. The molecule has 25 heavy (non-hydrogen) atoms. The van der Waals surface area contributed by atoms with Crippen LogP contribution in [0.15, 0.2) is 24.3 Å². The number of carbonyl (C=O) groups excluding carboxylic acids is 2. The van der Waals surface area contributed by atoms with Crippen molar-refractivity contribution in [3.63, 3.8) is 0 Å². The van der Waals surface area contributed by atoms with E-state index >= 15 is 0 Å². The van der Waals surface area contributed by atoms with Crippen LogP contribution < -0.4 is 5.32 Å². The van der Waals surface area contributed by atoms with E-state index in [9.17, 15) is 22.8 Å². The molecular formula is C17H22F3N3O2. The van der Waals surface area contributed by atoms with Crippen LogP contribution >= 0.6 is 0 Å². The van der Waals surface area contributed by atoms with Gasteiger partial charge in [0, 0.05) is 38.3 Å². The average molecular weight is 357 g/mol. The zero-order valence-corrected chi connectivity index (χ0v) is 14.1. The lowest BCUT2D eigenvalue weighted by Crippen LogP contribution is -2.42. The van der Waals surface area contributed by atoms with Crippen LogP contribution in [-0.2, 0) is 6.18 Å². The summed E-state index contributed by atoms with van der Waals surface area (Å²) in [5, 5.41) is 2.80. The Hall–Kier alpha value is -2.25. The molecule has 1 aliphatic heterocycles. The topological polar surface area (TPSA) is 52.7 Å². The molecule has 1 aromatic carbocycles. The Bertz CT molecular complexity index is 602. The lowest BCUT2D eigenvalue weighted by molar-refractivity contribution is -0.137. The number of halogens is 3. The number of hydrogen-bond donors (Lipinski definition) is 1. The van der Waals surface area contributed by atoms with Gasteiger partial charge in [-0.25, -0.2) is 4.79 Å². The molecule has 1 N–H and O–H groups in total. The highest BCUT2D eigenvalue weighted by atomic mass is 19.4. The largest absolute Gasteiger partial charge is 0.416 e. The van der Waals surface area contributed by atoms with Gasteiger partial charge in [-0.15, -0.1) is 0 Å². The van der Waals surface area contributed by atoms with Crippen molar-refractivity contribution in [2.45, 2.75) is 25.9 Å². The maximum Gasteiger partial charge on any atom is 0.416 e. The van der Waals surface area contributed by atoms with Gasteiger partial charge in [0.15, 0.2) is 0 Å². The summed E-state index contributed by atoms with van der Waals surface area (Å²) >= 11 is 0. The molecule has 8 heteroatoms. The van der Waals surface area contributed by atoms with Crippen molar-refractivity contribution in [2.75, 3.05) is 32.7 Å². The second-order valence-corrected chi connectivity index (χ2v) is 5.94. The Morgan fingerprint density at radius 2 is 1.64 bits per heavy atom. The van der Waals surface area contributed by atoms with Crippen molar-refractivity contribution in [3.05, 3.63) is 35.4 Å². The average Bonchev–Trinajstić information content (AvgIpc) is 2.84. The zero-order chi connectivity index (χ0) is 18.4. The number of nitrogens with one attached hydrogen (secondary N) is 1. The summed E-state index contributed by atoms with van der Waals surface area (Å²) in [6, 6.07) is 4.07. The summed E-state index contributed by atoms with van der Waals surface area (Å²) in [7, 11) is 0. The van der Waals surface area contributed by atoms with Gasteiger partial charge in [-0.1, -0.05) is 6.92 Å². The first-order valence-corrected chi connectivity index (χ1v) is 8.32. The van der Waals surface area contributed by atoms with E-state index in [1.807, 2.05) is 6.92 Å².